The number of hydrogen-bond donors (Lipinski definition) is 1. The van der Waals surface area contributed by atoms with Crippen LogP contribution in [0.5, 0.6) is 5.75 Å². The number of hydrogen-bond acceptors (Lipinski definition) is 4. The van der Waals surface area contributed by atoms with Crippen molar-refractivity contribution in [3.63, 3.8) is 0 Å². The summed E-state index contributed by atoms with van der Waals surface area (Å²) in [6.07, 6.45) is 0. The summed E-state index contributed by atoms with van der Waals surface area (Å²) in [6.45, 7) is 3.92. The van der Waals surface area contributed by atoms with Gasteiger partial charge in [0.25, 0.3) is 0 Å². The number of nitrogens with zero attached hydrogens (tertiary/aromatic N) is 3. The smallest absolute Gasteiger partial charge is 0.170 e. The first kappa shape index (κ1) is 13.5. The van der Waals surface area contributed by atoms with Crippen molar-refractivity contribution in [1.82, 2.24) is 14.8 Å². The highest BCUT2D eigenvalue weighted by Gasteiger charge is 2.11. The largest absolute Gasteiger partial charge is 0.485 e. The Labute approximate surface area is 111 Å². The van der Waals surface area contributed by atoms with Gasteiger partial charge in [-0.3, -0.25) is 0 Å². The normalized spacial score (nSPS) is 12.5. The molecule has 0 unspecified atom stereocenters. The molecular formula is C13H17FN4O. The van der Waals surface area contributed by atoms with Crippen LogP contribution < -0.4 is 10.5 Å². The monoisotopic (exact) mass is 264 g/mol. The van der Waals surface area contributed by atoms with Gasteiger partial charge in [0.15, 0.2) is 5.82 Å². The average Bonchev–Trinajstić information content (AvgIpc) is 2.68. The molecule has 0 saturated carbocycles. The zero-order chi connectivity index (χ0) is 14.0. The van der Waals surface area contributed by atoms with Crippen LogP contribution in [0.15, 0.2) is 18.2 Å². The zero-order valence-corrected chi connectivity index (χ0v) is 11.2. The van der Waals surface area contributed by atoms with Crippen LogP contribution in [0.25, 0.3) is 0 Å². The molecule has 0 aliphatic heterocycles. The van der Waals surface area contributed by atoms with Gasteiger partial charge in [-0.05, 0) is 32.0 Å². The van der Waals surface area contributed by atoms with E-state index in [2.05, 4.69) is 10.2 Å². The van der Waals surface area contributed by atoms with Crippen LogP contribution in [0.3, 0.4) is 0 Å². The van der Waals surface area contributed by atoms with Crippen molar-refractivity contribution in [1.29, 1.82) is 0 Å². The predicted octanol–water partition coefficient (Wildman–Crippen LogP) is 1.86. The lowest BCUT2D eigenvalue weighted by atomic mass is 10.1. The fourth-order valence-electron chi connectivity index (χ4n) is 1.73. The minimum absolute atomic E-state index is 0.267. The predicted molar refractivity (Wildman–Crippen MR) is 69.1 cm³/mol. The van der Waals surface area contributed by atoms with Crippen molar-refractivity contribution in [2.45, 2.75) is 26.5 Å². The van der Waals surface area contributed by atoms with E-state index in [1.165, 1.54) is 12.1 Å². The molecule has 1 heterocycles. The average molecular weight is 264 g/mol. The Morgan fingerprint density at radius 1 is 1.42 bits per heavy atom. The zero-order valence-electron chi connectivity index (χ0n) is 11.2. The summed E-state index contributed by atoms with van der Waals surface area (Å²) in [5, 5.41) is 7.95. The molecule has 1 atom stereocenters. The van der Waals surface area contributed by atoms with Gasteiger partial charge in [-0.2, -0.15) is 0 Å². The number of nitrogens with two attached hydrogens (primary N) is 1. The van der Waals surface area contributed by atoms with E-state index in [1.807, 2.05) is 18.5 Å². The Kier molecular flexibility index (Phi) is 3.80. The number of aryl methyl sites for hydroxylation is 1. The molecule has 0 amide bonds. The lowest BCUT2D eigenvalue weighted by Crippen LogP contribution is -2.10. The number of benzene rings is 1. The topological polar surface area (TPSA) is 66.0 Å². The van der Waals surface area contributed by atoms with Gasteiger partial charge in [-0.25, -0.2) is 4.39 Å². The van der Waals surface area contributed by atoms with Crippen LogP contribution in [-0.2, 0) is 13.7 Å². The summed E-state index contributed by atoms with van der Waals surface area (Å²) in [5.74, 6) is 1.76. The number of rotatable bonds is 4. The van der Waals surface area contributed by atoms with E-state index in [-0.39, 0.29) is 18.5 Å². The summed E-state index contributed by atoms with van der Waals surface area (Å²) in [4.78, 5) is 0. The van der Waals surface area contributed by atoms with Crippen LogP contribution in [0.1, 0.15) is 30.2 Å². The Bertz CT molecular complexity index is 580. The van der Waals surface area contributed by atoms with Gasteiger partial charge in [-0.1, -0.05) is 0 Å². The molecule has 19 heavy (non-hydrogen) atoms. The third-order valence-electron chi connectivity index (χ3n) is 3.00. The van der Waals surface area contributed by atoms with Crippen LogP contribution in [0.2, 0.25) is 0 Å². The van der Waals surface area contributed by atoms with E-state index < -0.39 is 0 Å². The van der Waals surface area contributed by atoms with Gasteiger partial charge in [-0.15, -0.1) is 10.2 Å². The van der Waals surface area contributed by atoms with E-state index >= 15 is 0 Å². The molecule has 0 spiro atoms. The van der Waals surface area contributed by atoms with Crippen LogP contribution >= 0.6 is 0 Å². The number of ether oxygens (including phenoxy) is 1. The summed E-state index contributed by atoms with van der Waals surface area (Å²) in [7, 11) is 1.87. The highest BCUT2D eigenvalue weighted by molar-refractivity contribution is 5.36. The molecule has 0 saturated heterocycles. The molecular weight excluding hydrogens is 247 g/mol. The molecule has 2 aromatic rings. The Balaban J connectivity index is 2.17. The van der Waals surface area contributed by atoms with E-state index in [1.54, 1.807) is 13.0 Å². The summed E-state index contributed by atoms with van der Waals surface area (Å²) in [6, 6.07) is 4.02. The maximum absolute atomic E-state index is 13.2. The molecule has 1 aromatic carbocycles. The highest BCUT2D eigenvalue weighted by Crippen LogP contribution is 2.25. The molecule has 0 radical (unpaired) electrons. The van der Waals surface area contributed by atoms with Crippen molar-refractivity contribution in [2.75, 3.05) is 0 Å². The molecule has 6 heteroatoms. The number of aromatic nitrogens is 3. The van der Waals surface area contributed by atoms with Crippen LogP contribution in [-0.4, -0.2) is 14.8 Å². The van der Waals surface area contributed by atoms with Gasteiger partial charge in [0.05, 0.1) is 0 Å². The van der Waals surface area contributed by atoms with Crippen LogP contribution in [0.4, 0.5) is 4.39 Å². The molecule has 0 aliphatic carbocycles. The second-order valence-electron chi connectivity index (χ2n) is 4.48. The van der Waals surface area contributed by atoms with E-state index in [4.69, 9.17) is 10.5 Å². The second-order valence-corrected chi connectivity index (χ2v) is 4.48. The highest BCUT2D eigenvalue weighted by atomic mass is 19.1. The quantitative estimate of drug-likeness (QED) is 0.915. The third kappa shape index (κ3) is 2.90. The summed E-state index contributed by atoms with van der Waals surface area (Å²) < 4.78 is 20.7. The maximum Gasteiger partial charge on any atom is 0.170 e. The lowest BCUT2D eigenvalue weighted by Gasteiger charge is -2.13. The molecule has 0 aliphatic rings. The Hall–Kier alpha value is -1.95. The summed E-state index contributed by atoms with van der Waals surface area (Å²) >= 11 is 0. The summed E-state index contributed by atoms with van der Waals surface area (Å²) in [5.41, 5.74) is 6.44. The third-order valence-corrected chi connectivity index (χ3v) is 3.00. The minimum atomic E-state index is -0.325. The Morgan fingerprint density at radius 2 is 2.16 bits per heavy atom. The molecule has 2 N–H and O–H groups in total. The van der Waals surface area contributed by atoms with Crippen molar-refractivity contribution in [3.05, 3.63) is 41.2 Å². The molecule has 0 bridgehead atoms. The van der Waals surface area contributed by atoms with E-state index in [0.29, 0.717) is 17.1 Å². The first-order valence-corrected chi connectivity index (χ1v) is 6.01. The first-order valence-electron chi connectivity index (χ1n) is 6.01. The SMILES string of the molecule is Cc1nnc(COc2ccc(F)cc2[C@H](C)N)n1C. The molecule has 0 fully saturated rings. The van der Waals surface area contributed by atoms with Gasteiger partial charge in [0.2, 0.25) is 0 Å². The van der Waals surface area contributed by atoms with Gasteiger partial charge in [0, 0.05) is 18.7 Å². The maximum atomic E-state index is 13.2. The molecule has 102 valence electrons. The second kappa shape index (κ2) is 5.36. The van der Waals surface area contributed by atoms with Crippen molar-refractivity contribution < 1.29 is 9.13 Å². The molecule has 1 aromatic heterocycles. The Morgan fingerprint density at radius 3 is 2.74 bits per heavy atom. The van der Waals surface area contributed by atoms with Crippen LogP contribution in [0, 0.1) is 12.7 Å². The molecule has 2 rings (SSSR count). The van der Waals surface area contributed by atoms with Gasteiger partial charge in [0.1, 0.15) is 24.0 Å². The van der Waals surface area contributed by atoms with Crippen molar-refractivity contribution in [2.24, 2.45) is 12.8 Å². The minimum Gasteiger partial charge on any atom is -0.485 e. The van der Waals surface area contributed by atoms with Crippen molar-refractivity contribution in [3.8, 4) is 5.75 Å². The molecule has 5 nitrogen and oxygen atoms in total. The van der Waals surface area contributed by atoms with Crippen molar-refractivity contribution >= 4 is 0 Å². The van der Waals surface area contributed by atoms with Gasteiger partial charge < -0.3 is 15.0 Å². The number of halogens is 1. The first-order chi connectivity index (χ1) is 8.99. The van der Waals surface area contributed by atoms with Gasteiger partial charge >= 0.3 is 0 Å². The van der Waals surface area contributed by atoms with E-state index in [9.17, 15) is 4.39 Å². The lowest BCUT2D eigenvalue weighted by molar-refractivity contribution is 0.286. The van der Waals surface area contributed by atoms with E-state index in [0.717, 1.165) is 5.82 Å². The fraction of sp³-hybridized carbons (Fsp3) is 0.385. The standard InChI is InChI=1S/C13H17FN4O/c1-8(15)11-6-10(14)4-5-12(11)19-7-13-17-16-9(2)18(13)3/h4-6,8H,7,15H2,1-3H3/t8-/m0/s1. The fourth-order valence-corrected chi connectivity index (χ4v) is 1.73.